The van der Waals surface area contributed by atoms with E-state index in [-0.39, 0.29) is 0 Å². The Morgan fingerprint density at radius 3 is 2.33 bits per heavy atom. The zero-order valence-electron chi connectivity index (χ0n) is 5.68. The van der Waals surface area contributed by atoms with Crippen LogP contribution in [0.4, 0.5) is 0 Å². The van der Waals surface area contributed by atoms with E-state index in [1.165, 1.54) is 0 Å². The summed E-state index contributed by atoms with van der Waals surface area (Å²) in [6.07, 6.45) is -0.547. The van der Waals surface area contributed by atoms with E-state index in [2.05, 4.69) is 11.3 Å². The molecule has 0 aliphatic rings. The number of hydrogen-bond donors (Lipinski definition) is 1. The van der Waals surface area contributed by atoms with Gasteiger partial charge in [-0.15, -0.1) is 0 Å². The molecule has 0 aliphatic carbocycles. The van der Waals surface area contributed by atoms with Gasteiger partial charge < -0.3 is 4.74 Å². The normalized spacial score (nSPS) is 12.3. The molecule has 0 amide bonds. The average Bonchev–Trinajstić information content (AvgIpc) is 1.63. The summed E-state index contributed by atoms with van der Waals surface area (Å²) < 4.78 is 4.55. The topological polar surface area (TPSA) is 52.3 Å². The van der Waals surface area contributed by atoms with Crippen LogP contribution in [0.25, 0.3) is 0 Å². The summed E-state index contributed by atoms with van der Waals surface area (Å²) in [7, 11) is 0. The Labute approximate surface area is 54.5 Å². The first-order chi connectivity index (χ1) is 4.04. The molecule has 0 saturated heterocycles. The van der Waals surface area contributed by atoms with Gasteiger partial charge in [0.15, 0.2) is 0 Å². The maximum absolute atomic E-state index is 10.6. The SMILES string of the molecule is C=C(C)C(=O)OC(C)N. The fourth-order valence-corrected chi connectivity index (χ4v) is 0.269. The van der Waals surface area contributed by atoms with Crippen molar-refractivity contribution in [2.45, 2.75) is 20.1 Å². The van der Waals surface area contributed by atoms with Crippen molar-refractivity contribution >= 4 is 5.97 Å². The molecular weight excluding hydrogens is 118 g/mol. The van der Waals surface area contributed by atoms with Crippen LogP contribution < -0.4 is 5.73 Å². The molecule has 3 heteroatoms. The van der Waals surface area contributed by atoms with Crippen molar-refractivity contribution in [2.24, 2.45) is 5.73 Å². The fraction of sp³-hybridized carbons (Fsp3) is 0.500. The molecule has 0 aromatic carbocycles. The zero-order valence-corrected chi connectivity index (χ0v) is 5.68. The molecule has 0 aliphatic heterocycles. The Hall–Kier alpha value is -0.830. The van der Waals surface area contributed by atoms with Crippen molar-refractivity contribution in [3.8, 4) is 0 Å². The summed E-state index contributed by atoms with van der Waals surface area (Å²) in [5.74, 6) is -0.440. The predicted molar refractivity (Wildman–Crippen MR) is 34.6 cm³/mol. The smallest absolute Gasteiger partial charge is 0.334 e. The van der Waals surface area contributed by atoms with Gasteiger partial charge in [0, 0.05) is 5.57 Å². The van der Waals surface area contributed by atoms with Crippen molar-refractivity contribution in [3.05, 3.63) is 12.2 Å². The van der Waals surface area contributed by atoms with Crippen LogP contribution in [0.1, 0.15) is 13.8 Å². The highest BCUT2D eigenvalue weighted by atomic mass is 16.6. The first kappa shape index (κ1) is 8.17. The Kier molecular flexibility index (Phi) is 2.95. The summed E-state index contributed by atoms with van der Waals surface area (Å²) >= 11 is 0. The molecule has 9 heavy (non-hydrogen) atoms. The Bertz CT molecular complexity index is 129. The highest BCUT2D eigenvalue weighted by Gasteiger charge is 2.03. The van der Waals surface area contributed by atoms with Crippen molar-refractivity contribution in [1.29, 1.82) is 0 Å². The molecule has 0 aromatic heterocycles. The molecule has 0 fully saturated rings. The molecule has 1 atom stereocenters. The number of ether oxygens (including phenoxy) is 1. The highest BCUT2D eigenvalue weighted by molar-refractivity contribution is 5.86. The van der Waals surface area contributed by atoms with Gasteiger partial charge in [0.05, 0.1) is 0 Å². The average molecular weight is 129 g/mol. The Balaban J connectivity index is 3.65. The quantitative estimate of drug-likeness (QED) is 0.334. The number of rotatable bonds is 2. The molecule has 0 radical (unpaired) electrons. The van der Waals surface area contributed by atoms with E-state index in [9.17, 15) is 4.79 Å². The van der Waals surface area contributed by atoms with Crippen LogP contribution in [-0.4, -0.2) is 12.2 Å². The van der Waals surface area contributed by atoms with Crippen LogP contribution >= 0.6 is 0 Å². The van der Waals surface area contributed by atoms with E-state index >= 15 is 0 Å². The highest BCUT2D eigenvalue weighted by Crippen LogP contribution is 1.92. The number of nitrogens with two attached hydrogens (primary N) is 1. The van der Waals surface area contributed by atoms with E-state index in [0.717, 1.165) is 0 Å². The number of hydrogen-bond acceptors (Lipinski definition) is 3. The minimum atomic E-state index is -0.547. The molecule has 0 heterocycles. The van der Waals surface area contributed by atoms with Gasteiger partial charge in [-0.25, -0.2) is 4.79 Å². The van der Waals surface area contributed by atoms with Gasteiger partial charge in [0.25, 0.3) is 0 Å². The second-order valence-corrected chi connectivity index (χ2v) is 1.89. The predicted octanol–water partition coefficient (Wildman–Crippen LogP) is 0.410. The summed E-state index contributed by atoms with van der Waals surface area (Å²) in [4.78, 5) is 10.6. The van der Waals surface area contributed by atoms with Gasteiger partial charge in [-0.1, -0.05) is 6.58 Å². The van der Waals surface area contributed by atoms with Crippen LogP contribution in [0.15, 0.2) is 12.2 Å². The molecule has 0 spiro atoms. The lowest BCUT2D eigenvalue weighted by molar-refractivity contribution is -0.143. The monoisotopic (exact) mass is 129 g/mol. The summed E-state index contributed by atoms with van der Waals surface area (Å²) in [5.41, 5.74) is 5.51. The van der Waals surface area contributed by atoms with Crippen molar-refractivity contribution in [2.75, 3.05) is 0 Å². The van der Waals surface area contributed by atoms with Gasteiger partial charge >= 0.3 is 5.97 Å². The van der Waals surface area contributed by atoms with Crippen LogP contribution in [0, 0.1) is 0 Å². The molecule has 0 aromatic rings. The minimum absolute atomic E-state index is 0.368. The molecule has 1 unspecified atom stereocenters. The molecular formula is C6H11NO2. The van der Waals surface area contributed by atoms with Gasteiger partial charge in [-0.05, 0) is 13.8 Å². The number of esters is 1. The molecule has 3 nitrogen and oxygen atoms in total. The summed E-state index contributed by atoms with van der Waals surface area (Å²) in [5, 5.41) is 0. The maximum atomic E-state index is 10.6. The first-order valence-electron chi connectivity index (χ1n) is 2.66. The van der Waals surface area contributed by atoms with Gasteiger partial charge in [0.1, 0.15) is 6.23 Å². The standard InChI is InChI=1S/C6H11NO2/c1-4(2)6(8)9-5(3)7/h5H,1,7H2,2-3H3. The fourth-order valence-electron chi connectivity index (χ4n) is 0.269. The second kappa shape index (κ2) is 3.25. The van der Waals surface area contributed by atoms with Gasteiger partial charge in [0.2, 0.25) is 0 Å². The molecule has 0 bridgehead atoms. The van der Waals surface area contributed by atoms with Gasteiger partial charge in [-0.3, -0.25) is 5.73 Å². The lowest BCUT2D eigenvalue weighted by atomic mass is 10.4. The third kappa shape index (κ3) is 3.73. The lowest BCUT2D eigenvalue weighted by Crippen LogP contribution is -2.23. The largest absolute Gasteiger partial charge is 0.444 e. The van der Waals surface area contributed by atoms with Crippen molar-refractivity contribution in [1.82, 2.24) is 0 Å². The lowest BCUT2D eigenvalue weighted by Gasteiger charge is -2.05. The molecule has 0 saturated carbocycles. The van der Waals surface area contributed by atoms with E-state index in [0.29, 0.717) is 5.57 Å². The van der Waals surface area contributed by atoms with Crippen LogP contribution in [0.3, 0.4) is 0 Å². The molecule has 2 N–H and O–H groups in total. The Morgan fingerprint density at radius 2 is 2.22 bits per heavy atom. The van der Waals surface area contributed by atoms with E-state index in [4.69, 9.17) is 5.73 Å². The minimum Gasteiger partial charge on any atom is -0.444 e. The number of carbonyl (C=O) groups is 1. The second-order valence-electron chi connectivity index (χ2n) is 1.89. The third-order valence-electron chi connectivity index (χ3n) is 0.641. The van der Waals surface area contributed by atoms with E-state index < -0.39 is 12.2 Å². The first-order valence-corrected chi connectivity index (χ1v) is 2.66. The van der Waals surface area contributed by atoms with Crippen LogP contribution in [0.2, 0.25) is 0 Å². The molecule has 52 valence electrons. The van der Waals surface area contributed by atoms with Gasteiger partial charge in [-0.2, -0.15) is 0 Å². The summed E-state index contributed by atoms with van der Waals surface area (Å²) in [6, 6.07) is 0. The third-order valence-corrected chi connectivity index (χ3v) is 0.641. The number of carbonyl (C=O) groups excluding carboxylic acids is 1. The molecule has 0 rings (SSSR count). The van der Waals surface area contributed by atoms with Crippen LogP contribution in [-0.2, 0) is 9.53 Å². The van der Waals surface area contributed by atoms with E-state index in [1.54, 1.807) is 13.8 Å². The Morgan fingerprint density at radius 1 is 1.78 bits per heavy atom. The van der Waals surface area contributed by atoms with E-state index in [1.807, 2.05) is 0 Å². The van der Waals surface area contributed by atoms with Crippen LogP contribution in [0.5, 0.6) is 0 Å². The van der Waals surface area contributed by atoms with Crippen molar-refractivity contribution < 1.29 is 9.53 Å². The zero-order chi connectivity index (χ0) is 7.44. The summed E-state index contributed by atoms with van der Waals surface area (Å²) in [6.45, 7) is 6.54. The van der Waals surface area contributed by atoms with Crippen molar-refractivity contribution in [3.63, 3.8) is 0 Å². The maximum Gasteiger partial charge on any atom is 0.334 e.